The minimum Gasteiger partial charge on any atom is -0.380 e. The van der Waals surface area contributed by atoms with Crippen molar-refractivity contribution in [3.63, 3.8) is 0 Å². The van der Waals surface area contributed by atoms with Crippen molar-refractivity contribution in [2.75, 3.05) is 18.4 Å². The lowest BCUT2D eigenvalue weighted by Gasteiger charge is -2.27. The molecular formula is C14H22N4. The summed E-state index contributed by atoms with van der Waals surface area (Å²) >= 11 is 0. The lowest BCUT2D eigenvalue weighted by Crippen LogP contribution is -2.44. The molecule has 0 radical (unpaired) electrons. The number of benzene rings is 1. The van der Waals surface area contributed by atoms with Gasteiger partial charge in [0.15, 0.2) is 5.96 Å². The maximum absolute atomic E-state index is 7.65. The number of hydrogen-bond acceptors (Lipinski definition) is 2. The van der Waals surface area contributed by atoms with E-state index in [1.165, 1.54) is 11.3 Å². The minimum absolute atomic E-state index is 0.168. The van der Waals surface area contributed by atoms with Crippen LogP contribution in [0.4, 0.5) is 5.69 Å². The first kappa shape index (κ1) is 12.7. The van der Waals surface area contributed by atoms with Crippen LogP contribution in [0.25, 0.3) is 0 Å². The lowest BCUT2D eigenvalue weighted by atomic mass is 10.1. The number of fused-ring (bicyclic) bond motifs is 1. The fourth-order valence-corrected chi connectivity index (χ4v) is 2.46. The summed E-state index contributed by atoms with van der Waals surface area (Å²) in [6, 6.07) is 8.73. The highest BCUT2D eigenvalue weighted by molar-refractivity contribution is 5.74. The molecular weight excluding hydrogens is 224 g/mol. The topological polar surface area (TPSA) is 65.1 Å². The van der Waals surface area contributed by atoms with Crippen molar-refractivity contribution >= 4 is 11.6 Å². The zero-order valence-electron chi connectivity index (χ0n) is 11.1. The summed E-state index contributed by atoms with van der Waals surface area (Å²) in [6.07, 6.45) is 1.01. The van der Waals surface area contributed by atoms with Gasteiger partial charge in [0, 0.05) is 24.8 Å². The zero-order chi connectivity index (χ0) is 13.1. The number of guanidine groups is 1. The molecule has 0 amide bonds. The third-order valence-corrected chi connectivity index (χ3v) is 3.21. The largest absolute Gasteiger partial charge is 0.380 e. The molecule has 0 fully saturated rings. The van der Waals surface area contributed by atoms with Crippen molar-refractivity contribution in [1.29, 1.82) is 5.41 Å². The molecule has 1 aromatic carbocycles. The molecule has 1 aliphatic heterocycles. The minimum atomic E-state index is 0.168. The normalized spacial score (nSPS) is 17.4. The summed E-state index contributed by atoms with van der Waals surface area (Å²) in [4.78, 5) is 1.95. The van der Waals surface area contributed by atoms with E-state index >= 15 is 0 Å². The summed E-state index contributed by atoms with van der Waals surface area (Å²) < 4.78 is 0. The van der Waals surface area contributed by atoms with Crippen LogP contribution in [0.1, 0.15) is 19.4 Å². The van der Waals surface area contributed by atoms with Gasteiger partial charge in [0.2, 0.25) is 0 Å². The number of nitrogens with zero attached hydrogens (tertiary/aromatic N) is 1. The Hall–Kier alpha value is -1.71. The van der Waals surface area contributed by atoms with Gasteiger partial charge < -0.3 is 16.0 Å². The van der Waals surface area contributed by atoms with E-state index in [9.17, 15) is 0 Å². The predicted octanol–water partition coefficient (Wildman–Crippen LogP) is 1.87. The first-order valence-electron chi connectivity index (χ1n) is 6.49. The molecule has 1 unspecified atom stereocenters. The molecule has 2 rings (SSSR count). The van der Waals surface area contributed by atoms with E-state index < -0.39 is 0 Å². The Morgan fingerprint density at radius 2 is 2.22 bits per heavy atom. The quantitative estimate of drug-likeness (QED) is 0.561. The van der Waals surface area contributed by atoms with Crippen molar-refractivity contribution in [3.05, 3.63) is 29.8 Å². The van der Waals surface area contributed by atoms with E-state index in [0.29, 0.717) is 12.0 Å². The van der Waals surface area contributed by atoms with Gasteiger partial charge in [-0.3, -0.25) is 5.41 Å². The van der Waals surface area contributed by atoms with Gasteiger partial charge in [-0.1, -0.05) is 32.0 Å². The Kier molecular flexibility index (Phi) is 3.75. The average molecular weight is 246 g/mol. The Labute approximate surface area is 109 Å². The number of rotatable bonds is 4. The Morgan fingerprint density at radius 3 is 2.83 bits per heavy atom. The molecule has 1 aliphatic rings. The van der Waals surface area contributed by atoms with Crippen molar-refractivity contribution in [2.24, 2.45) is 11.7 Å². The molecule has 0 spiro atoms. The van der Waals surface area contributed by atoms with Crippen LogP contribution >= 0.6 is 0 Å². The summed E-state index contributed by atoms with van der Waals surface area (Å²) in [7, 11) is 0. The number of para-hydroxylation sites is 1. The van der Waals surface area contributed by atoms with Crippen LogP contribution in [0.15, 0.2) is 24.3 Å². The van der Waals surface area contributed by atoms with Gasteiger partial charge in [-0.15, -0.1) is 0 Å². The molecule has 18 heavy (non-hydrogen) atoms. The van der Waals surface area contributed by atoms with Gasteiger partial charge >= 0.3 is 0 Å². The van der Waals surface area contributed by atoms with Gasteiger partial charge in [0.25, 0.3) is 0 Å². The molecule has 0 bridgehead atoms. The number of nitrogens with one attached hydrogen (secondary N) is 2. The van der Waals surface area contributed by atoms with Gasteiger partial charge in [-0.05, 0) is 24.0 Å². The molecule has 0 saturated carbocycles. The Morgan fingerprint density at radius 1 is 1.50 bits per heavy atom. The number of anilines is 1. The molecule has 1 aromatic rings. The van der Waals surface area contributed by atoms with Crippen molar-refractivity contribution in [1.82, 2.24) is 4.90 Å². The SMILES string of the molecule is CC(C)CN(CC1Cc2ccccc2N1)C(=N)N. The van der Waals surface area contributed by atoms with E-state index in [2.05, 4.69) is 37.4 Å². The average Bonchev–Trinajstić information content (AvgIpc) is 2.69. The predicted molar refractivity (Wildman–Crippen MR) is 75.9 cm³/mol. The fourth-order valence-electron chi connectivity index (χ4n) is 2.46. The van der Waals surface area contributed by atoms with Crippen LogP contribution in [-0.2, 0) is 6.42 Å². The molecule has 4 heteroatoms. The molecule has 1 heterocycles. The molecule has 4 nitrogen and oxygen atoms in total. The van der Waals surface area contributed by atoms with Gasteiger partial charge in [0.05, 0.1) is 0 Å². The maximum atomic E-state index is 7.65. The first-order chi connectivity index (χ1) is 8.56. The highest BCUT2D eigenvalue weighted by Gasteiger charge is 2.23. The lowest BCUT2D eigenvalue weighted by molar-refractivity contribution is 0.346. The third-order valence-electron chi connectivity index (χ3n) is 3.21. The molecule has 4 N–H and O–H groups in total. The monoisotopic (exact) mass is 246 g/mol. The highest BCUT2D eigenvalue weighted by atomic mass is 15.2. The van der Waals surface area contributed by atoms with E-state index in [1.807, 2.05) is 11.0 Å². The Balaban J connectivity index is 1.97. The van der Waals surface area contributed by atoms with Crippen LogP contribution in [0.2, 0.25) is 0 Å². The highest BCUT2D eigenvalue weighted by Crippen LogP contribution is 2.25. The van der Waals surface area contributed by atoms with Gasteiger partial charge in [0.1, 0.15) is 0 Å². The van der Waals surface area contributed by atoms with E-state index in [1.54, 1.807) is 0 Å². The second kappa shape index (κ2) is 5.29. The molecule has 98 valence electrons. The van der Waals surface area contributed by atoms with Crippen LogP contribution in [-0.4, -0.2) is 30.0 Å². The first-order valence-corrected chi connectivity index (χ1v) is 6.49. The third kappa shape index (κ3) is 2.94. The molecule has 0 saturated heterocycles. The maximum Gasteiger partial charge on any atom is 0.188 e. The Bertz CT molecular complexity index is 403. The van der Waals surface area contributed by atoms with E-state index in [-0.39, 0.29) is 5.96 Å². The zero-order valence-corrected chi connectivity index (χ0v) is 11.1. The van der Waals surface area contributed by atoms with Crippen molar-refractivity contribution < 1.29 is 0 Å². The van der Waals surface area contributed by atoms with Crippen LogP contribution < -0.4 is 11.1 Å². The molecule has 1 atom stereocenters. The van der Waals surface area contributed by atoms with Crippen LogP contribution in [0.5, 0.6) is 0 Å². The van der Waals surface area contributed by atoms with Gasteiger partial charge in [-0.25, -0.2) is 0 Å². The summed E-state index contributed by atoms with van der Waals surface area (Å²) in [5.74, 6) is 0.680. The van der Waals surface area contributed by atoms with Gasteiger partial charge in [-0.2, -0.15) is 0 Å². The van der Waals surface area contributed by atoms with E-state index in [0.717, 1.165) is 19.5 Å². The van der Waals surface area contributed by atoms with Crippen molar-refractivity contribution in [2.45, 2.75) is 26.3 Å². The van der Waals surface area contributed by atoms with Crippen LogP contribution in [0, 0.1) is 11.3 Å². The second-order valence-corrected chi connectivity index (χ2v) is 5.39. The smallest absolute Gasteiger partial charge is 0.188 e. The number of nitrogens with two attached hydrogens (primary N) is 1. The summed E-state index contributed by atoms with van der Waals surface area (Å²) in [5, 5.41) is 11.1. The van der Waals surface area contributed by atoms with Crippen molar-refractivity contribution in [3.8, 4) is 0 Å². The number of hydrogen-bond donors (Lipinski definition) is 3. The molecule has 0 aromatic heterocycles. The molecule has 0 aliphatic carbocycles. The second-order valence-electron chi connectivity index (χ2n) is 5.39. The van der Waals surface area contributed by atoms with Crippen LogP contribution in [0.3, 0.4) is 0 Å². The summed E-state index contributed by atoms with van der Waals surface area (Å²) in [6.45, 7) is 5.92. The summed E-state index contributed by atoms with van der Waals surface area (Å²) in [5.41, 5.74) is 8.22. The standard InChI is InChI=1S/C14H22N4/c1-10(2)8-18(14(15)16)9-12-7-11-5-3-4-6-13(11)17-12/h3-6,10,12,17H,7-9H2,1-2H3,(H3,15,16). The fraction of sp³-hybridized carbons (Fsp3) is 0.500. The van der Waals surface area contributed by atoms with E-state index in [4.69, 9.17) is 11.1 Å².